The second kappa shape index (κ2) is 26.2. The van der Waals surface area contributed by atoms with Gasteiger partial charge in [0.2, 0.25) is 0 Å². The van der Waals surface area contributed by atoms with Gasteiger partial charge in [0.15, 0.2) is 0 Å². The normalized spacial score (nSPS) is 11.4. The number of carbonyl (C=O) groups is 1. The van der Waals surface area contributed by atoms with Gasteiger partial charge in [-0.05, 0) is 38.8 Å². The Morgan fingerprint density at radius 3 is 1.48 bits per heavy atom. The lowest BCUT2D eigenvalue weighted by Gasteiger charge is -2.22. The minimum atomic E-state index is -0.0443. The maximum absolute atomic E-state index is 11.7. The van der Waals surface area contributed by atoms with Gasteiger partial charge in [0.1, 0.15) is 0 Å². The van der Waals surface area contributed by atoms with E-state index in [1.165, 1.54) is 116 Å². The molecule has 0 saturated heterocycles. The summed E-state index contributed by atoms with van der Waals surface area (Å²) in [6.45, 7) is 8.63. The summed E-state index contributed by atoms with van der Waals surface area (Å²) >= 11 is 3.37. The zero-order valence-electron chi connectivity index (χ0n) is 21.1. The molecule has 0 radical (unpaired) electrons. The van der Waals surface area contributed by atoms with Gasteiger partial charge in [-0.15, -0.1) is 0 Å². The number of hydrogen-bond acceptors (Lipinski definition) is 3. The number of rotatable bonds is 25. The van der Waals surface area contributed by atoms with Crippen molar-refractivity contribution in [2.45, 2.75) is 136 Å². The van der Waals surface area contributed by atoms with Crippen LogP contribution in [0.15, 0.2) is 0 Å². The number of alkyl halides is 1. The number of nitrogens with zero attached hydrogens (tertiary/aromatic N) is 1. The van der Waals surface area contributed by atoms with Crippen molar-refractivity contribution in [2.24, 2.45) is 0 Å². The Morgan fingerprint density at radius 1 is 0.613 bits per heavy atom. The van der Waals surface area contributed by atoms with Crippen molar-refractivity contribution in [1.82, 2.24) is 4.90 Å². The van der Waals surface area contributed by atoms with E-state index >= 15 is 0 Å². The second-order valence-corrected chi connectivity index (χ2v) is 9.95. The Balaban J connectivity index is 3.94. The van der Waals surface area contributed by atoms with E-state index in [0.717, 1.165) is 24.7 Å². The molecule has 0 saturated carbocycles. The van der Waals surface area contributed by atoms with Gasteiger partial charge in [0.05, 0.1) is 6.61 Å². The zero-order chi connectivity index (χ0) is 22.8. The fourth-order valence-corrected chi connectivity index (χ4v) is 4.31. The monoisotopic (exact) mass is 503 g/mol. The molecule has 0 amide bonds. The van der Waals surface area contributed by atoms with Crippen LogP contribution in [0.5, 0.6) is 0 Å². The fraction of sp³-hybridized carbons (Fsp3) is 0.963. The van der Waals surface area contributed by atoms with Gasteiger partial charge in [-0.2, -0.15) is 0 Å². The summed E-state index contributed by atoms with van der Waals surface area (Å²) in [7, 11) is 0. The average Bonchev–Trinajstić information content (AvgIpc) is 2.78. The van der Waals surface area contributed by atoms with Crippen LogP contribution in [-0.4, -0.2) is 42.4 Å². The molecule has 0 heterocycles. The molecule has 0 rings (SSSR count). The summed E-state index contributed by atoms with van der Waals surface area (Å²) in [6.07, 6.45) is 24.4. The molecule has 31 heavy (non-hydrogen) atoms. The van der Waals surface area contributed by atoms with Crippen LogP contribution in [0.3, 0.4) is 0 Å². The smallest absolute Gasteiger partial charge is 0.305 e. The van der Waals surface area contributed by atoms with Crippen molar-refractivity contribution in [3.8, 4) is 0 Å². The molecule has 0 unspecified atom stereocenters. The van der Waals surface area contributed by atoms with Gasteiger partial charge in [0.25, 0.3) is 0 Å². The van der Waals surface area contributed by atoms with Crippen LogP contribution in [0, 0.1) is 0 Å². The molecule has 4 heteroatoms. The molecule has 186 valence electrons. The molecule has 0 fully saturated rings. The van der Waals surface area contributed by atoms with Crippen LogP contribution in [0.25, 0.3) is 0 Å². The maximum Gasteiger partial charge on any atom is 0.305 e. The number of unbranched alkanes of at least 4 members (excludes halogenated alkanes) is 14. The van der Waals surface area contributed by atoms with E-state index in [0.29, 0.717) is 13.0 Å². The minimum Gasteiger partial charge on any atom is -0.466 e. The van der Waals surface area contributed by atoms with Crippen LogP contribution in [0.1, 0.15) is 136 Å². The highest BCUT2D eigenvalue weighted by molar-refractivity contribution is 9.09. The molecular weight excluding hydrogens is 450 g/mol. The van der Waals surface area contributed by atoms with Gasteiger partial charge in [-0.1, -0.05) is 120 Å². The molecule has 3 nitrogen and oxygen atoms in total. The van der Waals surface area contributed by atoms with Crippen molar-refractivity contribution in [1.29, 1.82) is 0 Å². The third kappa shape index (κ3) is 24.4. The number of carbonyl (C=O) groups excluding carboxylic acids is 1. The Labute approximate surface area is 203 Å². The van der Waals surface area contributed by atoms with Crippen molar-refractivity contribution >= 4 is 21.9 Å². The van der Waals surface area contributed by atoms with E-state index in [1.807, 2.05) is 0 Å². The van der Waals surface area contributed by atoms with Gasteiger partial charge in [0, 0.05) is 18.3 Å². The highest BCUT2D eigenvalue weighted by Crippen LogP contribution is 2.11. The highest BCUT2D eigenvalue weighted by Gasteiger charge is 2.07. The Hall–Kier alpha value is -0.0900. The van der Waals surface area contributed by atoms with Crippen LogP contribution in [-0.2, 0) is 9.53 Å². The molecule has 0 N–H and O–H groups in total. The molecule has 0 aromatic carbocycles. The molecular formula is C27H54BrNO2. The Bertz CT molecular complexity index is 345. The highest BCUT2D eigenvalue weighted by atomic mass is 79.9. The summed E-state index contributed by atoms with van der Waals surface area (Å²) < 4.78 is 5.39. The standard InChI is InChI=1S/C27H54BrNO2/c1-3-5-7-9-11-13-15-17-23-29(24-18-16-14-12-10-8-6-4-2)25-20-26-31-27(30)21-19-22-28/h3-26H2,1-2H3. The first-order valence-corrected chi connectivity index (χ1v) is 14.8. The average molecular weight is 505 g/mol. The molecule has 0 aliphatic heterocycles. The van der Waals surface area contributed by atoms with Crippen LogP contribution < -0.4 is 0 Å². The van der Waals surface area contributed by atoms with E-state index in [-0.39, 0.29) is 5.97 Å². The summed E-state index contributed by atoms with van der Waals surface area (Å²) in [5.74, 6) is -0.0443. The van der Waals surface area contributed by atoms with Gasteiger partial charge < -0.3 is 9.64 Å². The molecule has 0 aliphatic carbocycles. The van der Waals surface area contributed by atoms with E-state index in [1.54, 1.807) is 0 Å². The van der Waals surface area contributed by atoms with Crippen LogP contribution >= 0.6 is 15.9 Å². The molecule has 0 spiro atoms. The first-order chi connectivity index (χ1) is 15.2. The molecule has 0 aromatic rings. The lowest BCUT2D eigenvalue weighted by molar-refractivity contribution is -0.143. The summed E-state index contributed by atoms with van der Waals surface area (Å²) in [4.78, 5) is 14.3. The summed E-state index contributed by atoms with van der Waals surface area (Å²) in [5, 5.41) is 0.868. The van der Waals surface area contributed by atoms with Crippen LogP contribution in [0.2, 0.25) is 0 Å². The number of hydrogen-bond donors (Lipinski definition) is 0. The largest absolute Gasteiger partial charge is 0.466 e. The lowest BCUT2D eigenvalue weighted by atomic mass is 10.1. The van der Waals surface area contributed by atoms with Crippen molar-refractivity contribution < 1.29 is 9.53 Å². The quantitative estimate of drug-likeness (QED) is 0.0708. The third-order valence-corrected chi connectivity index (χ3v) is 6.61. The van der Waals surface area contributed by atoms with E-state index in [2.05, 4.69) is 34.7 Å². The lowest BCUT2D eigenvalue weighted by Crippen LogP contribution is -2.28. The second-order valence-electron chi connectivity index (χ2n) is 9.16. The van der Waals surface area contributed by atoms with Crippen LogP contribution in [0.4, 0.5) is 0 Å². The van der Waals surface area contributed by atoms with E-state index < -0.39 is 0 Å². The molecule has 0 aliphatic rings. The number of ether oxygens (including phenoxy) is 1. The Morgan fingerprint density at radius 2 is 1.03 bits per heavy atom. The molecule has 0 bridgehead atoms. The predicted molar refractivity (Wildman–Crippen MR) is 140 cm³/mol. The van der Waals surface area contributed by atoms with Crippen molar-refractivity contribution in [3.63, 3.8) is 0 Å². The molecule has 0 atom stereocenters. The van der Waals surface area contributed by atoms with Crippen molar-refractivity contribution in [2.75, 3.05) is 31.6 Å². The summed E-state index contributed by atoms with van der Waals surface area (Å²) in [5.41, 5.74) is 0. The fourth-order valence-electron chi connectivity index (χ4n) is 4.03. The predicted octanol–water partition coefficient (Wildman–Crippen LogP) is 8.68. The van der Waals surface area contributed by atoms with Gasteiger partial charge in [-0.3, -0.25) is 4.79 Å². The van der Waals surface area contributed by atoms with E-state index in [4.69, 9.17) is 4.74 Å². The van der Waals surface area contributed by atoms with Crippen molar-refractivity contribution in [3.05, 3.63) is 0 Å². The number of esters is 1. The van der Waals surface area contributed by atoms with Gasteiger partial charge >= 0.3 is 5.97 Å². The van der Waals surface area contributed by atoms with Gasteiger partial charge in [-0.25, -0.2) is 0 Å². The summed E-state index contributed by atoms with van der Waals surface area (Å²) in [6, 6.07) is 0. The SMILES string of the molecule is CCCCCCCCCCN(CCCCCCCCCC)CCCOC(=O)CCCBr. The third-order valence-electron chi connectivity index (χ3n) is 6.05. The topological polar surface area (TPSA) is 29.5 Å². The maximum atomic E-state index is 11.7. The van der Waals surface area contributed by atoms with E-state index in [9.17, 15) is 4.79 Å². The molecule has 0 aromatic heterocycles. The zero-order valence-corrected chi connectivity index (χ0v) is 22.7. The first-order valence-electron chi connectivity index (χ1n) is 13.7. The first kappa shape index (κ1) is 30.9. The minimum absolute atomic E-state index is 0.0443. The Kier molecular flexibility index (Phi) is 26.1. The number of halogens is 1.